The monoisotopic (exact) mass is 313 g/mol. The van der Waals surface area contributed by atoms with Crippen LogP contribution in [0.4, 0.5) is 0 Å². The lowest BCUT2D eigenvalue weighted by Gasteiger charge is -2.35. The second-order valence-corrected chi connectivity index (χ2v) is 6.11. The molecule has 0 saturated carbocycles. The van der Waals surface area contributed by atoms with Gasteiger partial charge in [-0.2, -0.15) is 16.9 Å². The van der Waals surface area contributed by atoms with E-state index in [9.17, 15) is 9.90 Å². The van der Waals surface area contributed by atoms with E-state index in [-0.39, 0.29) is 5.91 Å². The molecule has 21 heavy (non-hydrogen) atoms. The van der Waals surface area contributed by atoms with E-state index in [1.165, 1.54) is 6.33 Å². The molecular weight excluding hydrogens is 290 g/mol. The Morgan fingerprint density at radius 3 is 2.71 bits per heavy atom. The van der Waals surface area contributed by atoms with Crippen LogP contribution in [0.5, 0.6) is 0 Å². The van der Waals surface area contributed by atoms with Crippen molar-refractivity contribution in [2.75, 3.05) is 44.7 Å². The maximum atomic E-state index is 12.1. The van der Waals surface area contributed by atoms with Gasteiger partial charge < -0.3 is 10.0 Å². The summed E-state index contributed by atoms with van der Waals surface area (Å²) in [6.07, 6.45) is 4.91. The Labute approximate surface area is 129 Å². The molecule has 8 heteroatoms. The fraction of sp³-hybridized carbons (Fsp3) is 0.769. The number of aromatic nitrogens is 3. The van der Waals surface area contributed by atoms with E-state index in [4.69, 9.17) is 0 Å². The van der Waals surface area contributed by atoms with Crippen molar-refractivity contribution in [1.82, 2.24) is 24.6 Å². The number of nitrogens with zero attached hydrogens (tertiary/aromatic N) is 5. The molecule has 7 nitrogen and oxygen atoms in total. The van der Waals surface area contributed by atoms with Gasteiger partial charge in [-0.15, -0.1) is 0 Å². The van der Waals surface area contributed by atoms with Gasteiger partial charge in [0, 0.05) is 32.7 Å². The molecule has 0 radical (unpaired) electrons. The van der Waals surface area contributed by atoms with E-state index >= 15 is 0 Å². The minimum absolute atomic E-state index is 0.125. The zero-order chi connectivity index (χ0) is 15.1. The molecule has 2 heterocycles. The van der Waals surface area contributed by atoms with Gasteiger partial charge in [-0.1, -0.05) is 0 Å². The number of aliphatic hydroxyl groups is 1. The fourth-order valence-corrected chi connectivity index (χ4v) is 2.81. The highest BCUT2D eigenvalue weighted by Gasteiger charge is 2.25. The van der Waals surface area contributed by atoms with Gasteiger partial charge in [0.05, 0.1) is 6.54 Å². The molecule has 0 aromatic carbocycles. The lowest BCUT2D eigenvalue weighted by Crippen LogP contribution is -2.52. The van der Waals surface area contributed by atoms with E-state index in [1.807, 2.05) is 10.9 Å². The Morgan fingerprint density at radius 2 is 2.10 bits per heavy atom. The zero-order valence-electron chi connectivity index (χ0n) is 12.4. The summed E-state index contributed by atoms with van der Waals surface area (Å²) >= 11 is 1.65. The number of carbonyl (C=O) groups is 1. The highest BCUT2D eigenvalue weighted by atomic mass is 32.2. The first-order valence-corrected chi connectivity index (χ1v) is 8.60. The topological polar surface area (TPSA) is 74.5 Å². The Bertz CT molecular complexity index is 420. The molecule has 0 unspecified atom stereocenters. The number of carbonyl (C=O) groups excluding carboxylic acids is 1. The average molecular weight is 313 g/mol. The molecule has 1 saturated heterocycles. The fourth-order valence-electron chi connectivity index (χ4n) is 2.35. The average Bonchev–Trinajstić information content (AvgIpc) is 3.04. The van der Waals surface area contributed by atoms with Crippen molar-refractivity contribution >= 4 is 17.7 Å². The Hall–Kier alpha value is -1.12. The summed E-state index contributed by atoms with van der Waals surface area (Å²) in [5.41, 5.74) is 0. The normalized spacial score (nSPS) is 17.9. The minimum atomic E-state index is -0.848. The number of thioether (sulfide) groups is 1. The standard InChI is InChI=1S/C13H23N5O2S/c1-21-9-2-12(19)13(20)17-6-3-16(4-7-17)5-8-18-11-14-10-15-18/h10-12,19H,2-9H2,1H3/t12-/m0/s1. The van der Waals surface area contributed by atoms with Gasteiger partial charge in [-0.25, -0.2) is 4.98 Å². The number of hydrogen-bond donors (Lipinski definition) is 1. The summed E-state index contributed by atoms with van der Waals surface area (Å²) in [6.45, 7) is 4.77. The quantitative estimate of drug-likeness (QED) is 0.734. The number of hydrogen-bond acceptors (Lipinski definition) is 6. The van der Waals surface area contributed by atoms with Crippen LogP contribution in [-0.4, -0.2) is 86.4 Å². The summed E-state index contributed by atoms with van der Waals surface area (Å²) in [7, 11) is 0. The van der Waals surface area contributed by atoms with E-state index in [2.05, 4.69) is 15.0 Å². The van der Waals surface area contributed by atoms with Gasteiger partial charge in [0.15, 0.2) is 0 Å². The van der Waals surface area contributed by atoms with E-state index in [0.29, 0.717) is 19.5 Å². The summed E-state index contributed by atoms with van der Waals surface area (Å²) in [4.78, 5) is 20.1. The first kappa shape index (κ1) is 16.3. The van der Waals surface area contributed by atoms with Crippen LogP contribution in [0.3, 0.4) is 0 Å². The molecule has 0 aliphatic carbocycles. The highest BCUT2D eigenvalue weighted by molar-refractivity contribution is 7.98. The first-order chi connectivity index (χ1) is 10.2. The van der Waals surface area contributed by atoms with Crippen molar-refractivity contribution in [3.05, 3.63) is 12.7 Å². The lowest BCUT2D eigenvalue weighted by molar-refractivity contribution is -0.142. The molecule has 1 N–H and O–H groups in total. The van der Waals surface area contributed by atoms with Crippen molar-refractivity contribution in [3.63, 3.8) is 0 Å². The van der Waals surface area contributed by atoms with E-state index < -0.39 is 6.10 Å². The summed E-state index contributed by atoms with van der Waals surface area (Å²) in [5.74, 6) is 0.685. The van der Waals surface area contributed by atoms with Crippen LogP contribution in [0.15, 0.2) is 12.7 Å². The Morgan fingerprint density at radius 1 is 1.33 bits per heavy atom. The third-order valence-corrected chi connectivity index (χ3v) is 4.32. The molecule has 1 atom stereocenters. The molecule has 1 aromatic rings. The summed E-state index contributed by atoms with van der Waals surface area (Å²) in [6, 6.07) is 0. The minimum Gasteiger partial charge on any atom is -0.383 e. The number of rotatable bonds is 7. The van der Waals surface area contributed by atoms with Gasteiger partial charge in [0.25, 0.3) is 5.91 Å². The number of aliphatic hydroxyl groups excluding tert-OH is 1. The molecule has 2 rings (SSSR count). The van der Waals surface area contributed by atoms with Crippen molar-refractivity contribution < 1.29 is 9.90 Å². The van der Waals surface area contributed by atoms with Crippen LogP contribution < -0.4 is 0 Å². The molecule has 1 fully saturated rings. The predicted molar refractivity (Wildman–Crippen MR) is 82.0 cm³/mol. The van der Waals surface area contributed by atoms with Crippen LogP contribution in [0.25, 0.3) is 0 Å². The highest BCUT2D eigenvalue weighted by Crippen LogP contribution is 2.08. The van der Waals surface area contributed by atoms with Crippen LogP contribution >= 0.6 is 11.8 Å². The van der Waals surface area contributed by atoms with Crippen molar-refractivity contribution in [2.24, 2.45) is 0 Å². The number of amides is 1. The van der Waals surface area contributed by atoms with Crippen molar-refractivity contribution in [3.8, 4) is 0 Å². The second kappa shape index (κ2) is 8.35. The van der Waals surface area contributed by atoms with Crippen molar-refractivity contribution in [1.29, 1.82) is 0 Å². The van der Waals surface area contributed by atoms with Gasteiger partial charge in [0.2, 0.25) is 0 Å². The van der Waals surface area contributed by atoms with Crippen LogP contribution in [-0.2, 0) is 11.3 Å². The molecule has 0 bridgehead atoms. The van der Waals surface area contributed by atoms with Crippen molar-refractivity contribution in [2.45, 2.75) is 19.1 Å². The molecule has 1 aliphatic heterocycles. The largest absolute Gasteiger partial charge is 0.383 e. The SMILES string of the molecule is CSCC[C@H](O)C(=O)N1CCN(CCn2cncn2)CC1. The molecule has 1 amide bonds. The van der Waals surface area contributed by atoms with Crippen LogP contribution in [0.1, 0.15) is 6.42 Å². The smallest absolute Gasteiger partial charge is 0.251 e. The van der Waals surface area contributed by atoms with Gasteiger partial charge in [0.1, 0.15) is 18.8 Å². The Kier molecular flexibility index (Phi) is 6.47. The van der Waals surface area contributed by atoms with Crippen LogP contribution in [0, 0.1) is 0 Å². The summed E-state index contributed by atoms with van der Waals surface area (Å²) < 4.78 is 1.81. The third kappa shape index (κ3) is 4.98. The lowest BCUT2D eigenvalue weighted by atomic mass is 10.2. The number of piperazine rings is 1. The second-order valence-electron chi connectivity index (χ2n) is 5.12. The van der Waals surface area contributed by atoms with E-state index in [1.54, 1.807) is 23.0 Å². The van der Waals surface area contributed by atoms with Gasteiger partial charge >= 0.3 is 0 Å². The maximum Gasteiger partial charge on any atom is 0.251 e. The Balaban J connectivity index is 1.68. The van der Waals surface area contributed by atoms with E-state index in [0.717, 1.165) is 31.9 Å². The first-order valence-electron chi connectivity index (χ1n) is 7.21. The maximum absolute atomic E-state index is 12.1. The molecule has 0 spiro atoms. The summed E-state index contributed by atoms with van der Waals surface area (Å²) in [5, 5.41) is 13.9. The van der Waals surface area contributed by atoms with Crippen LogP contribution in [0.2, 0.25) is 0 Å². The van der Waals surface area contributed by atoms with Gasteiger partial charge in [-0.05, 0) is 18.4 Å². The third-order valence-electron chi connectivity index (χ3n) is 3.68. The predicted octanol–water partition coefficient (Wildman–Crippen LogP) is -0.464. The molecule has 118 valence electrons. The molecule has 1 aromatic heterocycles. The molecule has 1 aliphatic rings. The molecular formula is C13H23N5O2S. The van der Waals surface area contributed by atoms with Gasteiger partial charge in [-0.3, -0.25) is 14.4 Å². The zero-order valence-corrected chi connectivity index (χ0v) is 13.2.